The van der Waals surface area contributed by atoms with Gasteiger partial charge in [0.15, 0.2) is 0 Å². The fraction of sp³-hybridized carbons (Fsp3) is 0.588. The molecule has 20 heavy (non-hydrogen) atoms. The van der Waals surface area contributed by atoms with Crippen LogP contribution < -0.4 is 0 Å². The first-order valence-electron chi connectivity index (χ1n) is 7.61. The average molecular weight is 276 g/mol. The molecule has 0 amide bonds. The number of carboxylic acid groups (broad SMARTS) is 1. The van der Waals surface area contributed by atoms with E-state index in [1.54, 1.807) is 0 Å². The van der Waals surface area contributed by atoms with E-state index in [1.165, 1.54) is 12.8 Å². The van der Waals surface area contributed by atoms with Crippen molar-refractivity contribution < 1.29 is 15.0 Å². The Morgan fingerprint density at radius 3 is 2.45 bits per heavy atom. The summed E-state index contributed by atoms with van der Waals surface area (Å²) in [5.41, 5.74) is 1.15. The van der Waals surface area contributed by atoms with Crippen LogP contribution in [-0.4, -0.2) is 22.3 Å². The summed E-state index contributed by atoms with van der Waals surface area (Å²) in [7, 11) is 0. The van der Waals surface area contributed by atoms with E-state index in [0.717, 1.165) is 24.8 Å². The van der Waals surface area contributed by atoms with Gasteiger partial charge in [-0.05, 0) is 30.7 Å². The first-order valence-corrected chi connectivity index (χ1v) is 7.61. The van der Waals surface area contributed by atoms with Crippen LogP contribution in [-0.2, 0) is 11.2 Å². The summed E-state index contributed by atoms with van der Waals surface area (Å²) in [6.45, 7) is 0. The second-order valence-corrected chi connectivity index (χ2v) is 5.92. The van der Waals surface area contributed by atoms with Gasteiger partial charge in [0.25, 0.3) is 0 Å². The standard InChI is InChI=1S/C17H24O3/c18-16(11-10-13-6-2-1-3-7-13)15(17(19)20)12-14-8-4-5-9-14/h1-3,6-7,14-16,18H,4-5,8-12H2,(H,19,20). The van der Waals surface area contributed by atoms with Crippen LogP contribution in [0.25, 0.3) is 0 Å². The predicted octanol–water partition coefficient (Wildman–Crippen LogP) is 3.26. The molecule has 2 N–H and O–H groups in total. The lowest BCUT2D eigenvalue weighted by molar-refractivity contribution is -0.146. The Balaban J connectivity index is 1.86. The van der Waals surface area contributed by atoms with E-state index in [9.17, 15) is 15.0 Å². The lowest BCUT2D eigenvalue weighted by atomic mass is 9.87. The second kappa shape index (κ2) is 7.44. The topological polar surface area (TPSA) is 57.5 Å². The third-order valence-corrected chi connectivity index (χ3v) is 4.42. The summed E-state index contributed by atoms with van der Waals surface area (Å²) in [5, 5.41) is 19.6. The Kier molecular flexibility index (Phi) is 5.60. The average Bonchev–Trinajstić information content (AvgIpc) is 2.96. The Hall–Kier alpha value is -1.35. The Morgan fingerprint density at radius 2 is 1.85 bits per heavy atom. The van der Waals surface area contributed by atoms with E-state index in [1.807, 2.05) is 30.3 Å². The highest BCUT2D eigenvalue weighted by atomic mass is 16.4. The van der Waals surface area contributed by atoms with E-state index in [4.69, 9.17) is 0 Å². The maximum absolute atomic E-state index is 11.4. The maximum Gasteiger partial charge on any atom is 0.309 e. The van der Waals surface area contributed by atoms with Gasteiger partial charge in [0.2, 0.25) is 0 Å². The lowest BCUT2D eigenvalue weighted by Crippen LogP contribution is -2.30. The quantitative estimate of drug-likeness (QED) is 0.803. The SMILES string of the molecule is O=C(O)C(CC1CCCC1)C(O)CCc1ccccc1. The predicted molar refractivity (Wildman–Crippen MR) is 78.5 cm³/mol. The highest BCUT2D eigenvalue weighted by Gasteiger charge is 2.30. The summed E-state index contributed by atoms with van der Waals surface area (Å²) >= 11 is 0. The van der Waals surface area contributed by atoms with Gasteiger partial charge >= 0.3 is 5.97 Å². The molecule has 0 saturated heterocycles. The molecule has 0 bridgehead atoms. The molecule has 2 atom stereocenters. The van der Waals surface area contributed by atoms with E-state index in [-0.39, 0.29) is 0 Å². The lowest BCUT2D eigenvalue weighted by Gasteiger charge is -2.22. The molecule has 0 aliphatic heterocycles. The van der Waals surface area contributed by atoms with Gasteiger partial charge < -0.3 is 10.2 Å². The van der Waals surface area contributed by atoms with Gasteiger partial charge in [-0.1, -0.05) is 56.0 Å². The minimum absolute atomic E-state index is 0.488. The first-order chi connectivity index (χ1) is 9.66. The molecule has 3 heteroatoms. The molecule has 2 rings (SSSR count). The number of carbonyl (C=O) groups is 1. The summed E-state index contributed by atoms with van der Waals surface area (Å²) in [6.07, 6.45) is 5.79. The third kappa shape index (κ3) is 4.34. The van der Waals surface area contributed by atoms with Crippen LogP contribution >= 0.6 is 0 Å². The molecule has 0 aromatic heterocycles. The van der Waals surface area contributed by atoms with E-state index in [2.05, 4.69) is 0 Å². The number of aryl methyl sites for hydroxylation is 1. The van der Waals surface area contributed by atoms with Crippen molar-refractivity contribution in [3.05, 3.63) is 35.9 Å². The van der Waals surface area contributed by atoms with Crippen molar-refractivity contribution in [2.75, 3.05) is 0 Å². The number of rotatable bonds is 7. The van der Waals surface area contributed by atoms with Crippen molar-refractivity contribution >= 4 is 5.97 Å². The van der Waals surface area contributed by atoms with Crippen LogP contribution in [0.2, 0.25) is 0 Å². The molecule has 1 saturated carbocycles. The van der Waals surface area contributed by atoms with Gasteiger partial charge in [0.05, 0.1) is 12.0 Å². The van der Waals surface area contributed by atoms with Crippen LogP contribution in [0.15, 0.2) is 30.3 Å². The molecule has 110 valence electrons. The Labute approximate surface area is 120 Å². The molecule has 0 heterocycles. The van der Waals surface area contributed by atoms with Gasteiger partial charge in [-0.2, -0.15) is 0 Å². The van der Waals surface area contributed by atoms with Crippen molar-refractivity contribution in [1.29, 1.82) is 0 Å². The summed E-state index contributed by atoms with van der Waals surface area (Å²) in [5.74, 6) is -0.971. The van der Waals surface area contributed by atoms with Gasteiger partial charge in [-0.25, -0.2) is 0 Å². The first kappa shape index (κ1) is 15.0. The number of aliphatic carboxylic acids is 1. The normalized spacial score (nSPS) is 18.9. The van der Waals surface area contributed by atoms with Crippen LogP contribution in [0, 0.1) is 11.8 Å². The van der Waals surface area contributed by atoms with Crippen LogP contribution in [0.4, 0.5) is 0 Å². The third-order valence-electron chi connectivity index (χ3n) is 4.42. The van der Waals surface area contributed by atoms with Gasteiger partial charge in [0, 0.05) is 0 Å². The van der Waals surface area contributed by atoms with Crippen LogP contribution in [0.3, 0.4) is 0 Å². The summed E-state index contributed by atoms with van der Waals surface area (Å²) in [6, 6.07) is 9.92. The molecule has 1 aromatic rings. The van der Waals surface area contributed by atoms with Crippen molar-refractivity contribution in [2.45, 2.75) is 51.0 Å². The number of aliphatic hydroxyl groups is 1. The Bertz CT molecular complexity index is 410. The molecule has 0 spiro atoms. The zero-order valence-electron chi connectivity index (χ0n) is 11.9. The number of carboxylic acids is 1. The minimum Gasteiger partial charge on any atom is -0.481 e. The van der Waals surface area contributed by atoms with Crippen LogP contribution in [0.5, 0.6) is 0 Å². The fourth-order valence-electron chi connectivity index (χ4n) is 3.19. The summed E-state index contributed by atoms with van der Waals surface area (Å²) in [4.78, 5) is 11.4. The summed E-state index contributed by atoms with van der Waals surface area (Å²) < 4.78 is 0. The molecule has 2 unspecified atom stereocenters. The van der Waals surface area contributed by atoms with Crippen molar-refractivity contribution in [2.24, 2.45) is 11.8 Å². The number of hydrogen-bond donors (Lipinski definition) is 2. The van der Waals surface area contributed by atoms with Crippen molar-refractivity contribution in [1.82, 2.24) is 0 Å². The van der Waals surface area contributed by atoms with E-state index < -0.39 is 18.0 Å². The van der Waals surface area contributed by atoms with E-state index >= 15 is 0 Å². The zero-order valence-corrected chi connectivity index (χ0v) is 11.9. The molecule has 0 radical (unpaired) electrons. The number of benzene rings is 1. The minimum atomic E-state index is -0.850. The van der Waals surface area contributed by atoms with E-state index in [0.29, 0.717) is 18.8 Å². The molecule has 1 aliphatic rings. The zero-order chi connectivity index (χ0) is 14.4. The largest absolute Gasteiger partial charge is 0.481 e. The molecule has 3 nitrogen and oxygen atoms in total. The van der Waals surface area contributed by atoms with Crippen LogP contribution in [0.1, 0.15) is 44.1 Å². The number of aliphatic hydroxyl groups excluding tert-OH is 1. The smallest absolute Gasteiger partial charge is 0.309 e. The molecular weight excluding hydrogens is 252 g/mol. The maximum atomic E-state index is 11.4. The van der Waals surface area contributed by atoms with Gasteiger partial charge in [-0.3, -0.25) is 4.79 Å². The number of hydrogen-bond acceptors (Lipinski definition) is 2. The Morgan fingerprint density at radius 1 is 1.20 bits per heavy atom. The monoisotopic (exact) mass is 276 g/mol. The van der Waals surface area contributed by atoms with Gasteiger partial charge in [0.1, 0.15) is 0 Å². The second-order valence-electron chi connectivity index (χ2n) is 5.92. The van der Waals surface area contributed by atoms with Crippen molar-refractivity contribution in [3.8, 4) is 0 Å². The highest BCUT2D eigenvalue weighted by molar-refractivity contribution is 5.70. The highest BCUT2D eigenvalue weighted by Crippen LogP contribution is 2.32. The molecule has 1 aliphatic carbocycles. The van der Waals surface area contributed by atoms with Gasteiger partial charge in [-0.15, -0.1) is 0 Å². The fourth-order valence-corrected chi connectivity index (χ4v) is 3.19. The molecule has 1 aromatic carbocycles. The molecular formula is C17H24O3. The van der Waals surface area contributed by atoms with Crippen molar-refractivity contribution in [3.63, 3.8) is 0 Å². The molecule has 1 fully saturated rings.